The van der Waals surface area contributed by atoms with E-state index in [1.165, 1.54) is 6.07 Å². The number of fused-ring (bicyclic) bond motifs is 1. The van der Waals surface area contributed by atoms with Crippen LogP contribution in [0.5, 0.6) is 0 Å². The SMILES string of the molecule is O=C(NCCc1ccccc1F)C1CCN(Cc2cc3ccccc3nc2Cl)CC1. The van der Waals surface area contributed by atoms with Crippen LogP contribution >= 0.6 is 11.6 Å². The number of nitrogens with zero attached hydrogens (tertiary/aromatic N) is 2. The van der Waals surface area contributed by atoms with Crippen LogP contribution < -0.4 is 5.32 Å². The second kappa shape index (κ2) is 9.54. The number of halogens is 2. The first-order valence-corrected chi connectivity index (χ1v) is 10.8. The number of rotatable bonds is 6. The summed E-state index contributed by atoms with van der Waals surface area (Å²) in [4.78, 5) is 19.3. The highest BCUT2D eigenvalue weighted by Gasteiger charge is 2.25. The maximum absolute atomic E-state index is 13.7. The first-order chi connectivity index (χ1) is 14.6. The molecule has 1 N–H and O–H groups in total. The first-order valence-electron chi connectivity index (χ1n) is 10.4. The highest BCUT2D eigenvalue weighted by atomic mass is 35.5. The number of amides is 1. The summed E-state index contributed by atoms with van der Waals surface area (Å²) in [7, 11) is 0. The predicted molar refractivity (Wildman–Crippen MR) is 118 cm³/mol. The Morgan fingerprint density at radius 3 is 2.63 bits per heavy atom. The van der Waals surface area contributed by atoms with Gasteiger partial charge < -0.3 is 5.32 Å². The molecule has 0 aliphatic carbocycles. The molecule has 1 saturated heterocycles. The molecule has 4 nitrogen and oxygen atoms in total. The summed E-state index contributed by atoms with van der Waals surface area (Å²) >= 11 is 6.39. The van der Waals surface area contributed by atoms with Gasteiger partial charge in [-0.3, -0.25) is 9.69 Å². The standard InChI is InChI=1S/C24H25ClFN3O/c25-23-20(15-19-6-2-4-8-22(19)28-23)16-29-13-10-18(11-14-29)24(30)27-12-9-17-5-1-3-7-21(17)26/h1-8,15,18H,9-14,16H2,(H,27,30). The van der Waals surface area contributed by atoms with Crippen molar-refractivity contribution in [3.05, 3.63) is 76.7 Å². The van der Waals surface area contributed by atoms with Gasteiger partial charge in [-0.25, -0.2) is 9.37 Å². The van der Waals surface area contributed by atoms with Crippen LogP contribution in [0, 0.1) is 11.7 Å². The number of hydrogen-bond acceptors (Lipinski definition) is 3. The van der Waals surface area contributed by atoms with Crippen molar-refractivity contribution in [2.45, 2.75) is 25.8 Å². The van der Waals surface area contributed by atoms with Crippen molar-refractivity contribution in [3.8, 4) is 0 Å². The van der Waals surface area contributed by atoms with Gasteiger partial charge in [-0.15, -0.1) is 0 Å². The predicted octanol–water partition coefficient (Wildman–Crippen LogP) is 4.60. The minimum absolute atomic E-state index is 0.00655. The second-order valence-corrected chi connectivity index (χ2v) is 8.17. The Bertz CT molecular complexity index is 1030. The number of para-hydroxylation sites is 1. The van der Waals surface area contributed by atoms with Crippen molar-refractivity contribution in [2.75, 3.05) is 19.6 Å². The van der Waals surface area contributed by atoms with Gasteiger partial charge in [0, 0.05) is 30.0 Å². The summed E-state index contributed by atoms with van der Waals surface area (Å²) in [6.45, 7) is 2.87. The molecule has 0 unspecified atom stereocenters. The van der Waals surface area contributed by atoms with E-state index in [2.05, 4.69) is 21.3 Å². The Kier molecular flexibility index (Phi) is 6.60. The molecule has 0 saturated carbocycles. The average molecular weight is 426 g/mol. The molecular formula is C24H25ClFN3O. The van der Waals surface area contributed by atoms with Crippen LogP contribution in [0.2, 0.25) is 5.15 Å². The van der Waals surface area contributed by atoms with Gasteiger partial charge in [0.2, 0.25) is 5.91 Å². The number of benzene rings is 2. The minimum Gasteiger partial charge on any atom is -0.356 e. The fourth-order valence-corrected chi connectivity index (χ4v) is 4.21. The summed E-state index contributed by atoms with van der Waals surface area (Å²) in [6, 6.07) is 16.7. The Balaban J connectivity index is 1.26. The summed E-state index contributed by atoms with van der Waals surface area (Å²) in [5.74, 6) is -0.148. The molecule has 1 aliphatic heterocycles. The van der Waals surface area contributed by atoms with Gasteiger partial charge in [-0.1, -0.05) is 48.0 Å². The first kappa shape index (κ1) is 20.8. The minimum atomic E-state index is -0.220. The third-order valence-corrected chi connectivity index (χ3v) is 6.08. The Morgan fingerprint density at radius 1 is 1.10 bits per heavy atom. The summed E-state index contributed by atoms with van der Waals surface area (Å²) in [5, 5.41) is 4.59. The molecular weight excluding hydrogens is 401 g/mol. The number of likely N-dealkylation sites (tertiary alicyclic amines) is 1. The van der Waals surface area contributed by atoms with E-state index < -0.39 is 0 Å². The fraction of sp³-hybridized carbons (Fsp3) is 0.333. The van der Waals surface area contributed by atoms with Crippen LogP contribution in [0.25, 0.3) is 10.9 Å². The molecule has 0 atom stereocenters. The van der Waals surface area contributed by atoms with Gasteiger partial charge in [0.1, 0.15) is 11.0 Å². The lowest BCUT2D eigenvalue weighted by molar-refractivity contribution is -0.126. The van der Waals surface area contributed by atoms with E-state index in [0.29, 0.717) is 23.7 Å². The van der Waals surface area contributed by atoms with Crippen molar-refractivity contribution in [1.29, 1.82) is 0 Å². The molecule has 1 amide bonds. The molecule has 1 aromatic heterocycles. The maximum atomic E-state index is 13.7. The van der Waals surface area contributed by atoms with E-state index in [-0.39, 0.29) is 17.6 Å². The normalized spacial score (nSPS) is 15.4. The van der Waals surface area contributed by atoms with Crippen molar-refractivity contribution in [3.63, 3.8) is 0 Å². The number of hydrogen-bond donors (Lipinski definition) is 1. The molecule has 2 heterocycles. The number of carbonyl (C=O) groups excluding carboxylic acids is 1. The third-order valence-electron chi connectivity index (χ3n) is 5.75. The lowest BCUT2D eigenvalue weighted by Crippen LogP contribution is -2.40. The van der Waals surface area contributed by atoms with E-state index in [4.69, 9.17) is 11.6 Å². The smallest absolute Gasteiger partial charge is 0.223 e. The summed E-state index contributed by atoms with van der Waals surface area (Å²) < 4.78 is 13.7. The molecule has 156 valence electrons. The van der Waals surface area contributed by atoms with Crippen LogP contribution in [0.1, 0.15) is 24.0 Å². The van der Waals surface area contributed by atoms with Crippen LogP contribution in [0.3, 0.4) is 0 Å². The zero-order valence-electron chi connectivity index (χ0n) is 16.8. The molecule has 2 aromatic carbocycles. The Hall–Kier alpha value is -2.50. The van der Waals surface area contributed by atoms with E-state index in [9.17, 15) is 9.18 Å². The number of carbonyl (C=O) groups is 1. The third kappa shape index (κ3) is 4.97. The van der Waals surface area contributed by atoms with Gasteiger partial charge >= 0.3 is 0 Å². The van der Waals surface area contributed by atoms with Gasteiger partial charge in [-0.2, -0.15) is 0 Å². The quantitative estimate of drug-likeness (QED) is 0.587. The van der Waals surface area contributed by atoms with Crippen LogP contribution in [-0.4, -0.2) is 35.4 Å². The highest BCUT2D eigenvalue weighted by Crippen LogP contribution is 2.24. The monoisotopic (exact) mass is 425 g/mol. The molecule has 30 heavy (non-hydrogen) atoms. The number of piperidine rings is 1. The maximum Gasteiger partial charge on any atom is 0.223 e. The van der Waals surface area contributed by atoms with E-state index in [1.807, 2.05) is 30.3 Å². The van der Waals surface area contributed by atoms with E-state index in [1.54, 1.807) is 12.1 Å². The number of pyridine rings is 1. The zero-order valence-corrected chi connectivity index (χ0v) is 17.5. The number of aromatic nitrogens is 1. The van der Waals surface area contributed by atoms with Gasteiger partial charge in [0.25, 0.3) is 0 Å². The lowest BCUT2D eigenvalue weighted by Gasteiger charge is -2.31. The van der Waals surface area contributed by atoms with Crippen molar-refractivity contribution >= 4 is 28.4 Å². The van der Waals surface area contributed by atoms with Crippen LogP contribution in [0.15, 0.2) is 54.6 Å². The summed E-state index contributed by atoms with van der Waals surface area (Å²) in [5.41, 5.74) is 2.55. The van der Waals surface area contributed by atoms with Crippen LogP contribution in [-0.2, 0) is 17.8 Å². The van der Waals surface area contributed by atoms with Crippen molar-refractivity contribution in [1.82, 2.24) is 15.2 Å². The van der Waals surface area contributed by atoms with Gasteiger partial charge in [0.05, 0.1) is 5.52 Å². The number of nitrogens with one attached hydrogen (secondary N) is 1. The highest BCUT2D eigenvalue weighted by molar-refractivity contribution is 6.30. The molecule has 0 bridgehead atoms. The largest absolute Gasteiger partial charge is 0.356 e. The van der Waals surface area contributed by atoms with Gasteiger partial charge in [0.15, 0.2) is 0 Å². The average Bonchev–Trinajstić information content (AvgIpc) is 2.76. The second-order valence-electron chi connectivity index (χ2n) is 7.81. The lowest BCUT2D eigenvalue weighted by atomic mass is 9.95. The molecule has 0 radical (unpaired) electrons. The molecule has 4 rings (SSSR count). The molecule has 1 fully saturated rings. The Morgan fingerprint density at radius 2 is 1.83 bits per heavy atom. The summed E-state index contributed by atoms with van der Waals surface area (Å²) in [6.07, 6.45) is 2.12. The topological polar surface area (TPSA) is 45.2 Å². The van der Waals surface area contributed by atoms with Crippen LogP contribution in [0.4, 0.5) is 4.39 Å². The van der Waals surface area contributed by atoms with E-state index in [0.717, 1.165) is 48.9 Å². The van der Waals surface area contributed by atoms with E-state index >= 15 is 0 Å². The van der Waals surface area contributed by atoms with Crippen molar-refractivity contribution in [2.24, 2.45) is 5.92 Å². The molecule has 0 spiro atoms. The van der Waals surface area contributed by atoms with Crippen molar-refractivity contribution < 1.29 is 9.18 Å². The zero-order chi connectivity index (χ0) is 20.9. The molecule has 1 aliphatic rings. The fourth-order valence-electron chi connectivity index (χ4n) is 4.01. The molecule has 6 heteroatoms. The van der Waals surface area contributed by atoms with Gasteiger partial charge in [-0.05, 0) is 56.1 Å². The molecule has 3 aromatic rings. The Labute approximate surface area is 181 Å².